The van der Waals surface area contributed by atoms with Gasteiger partial charge in [0.1, 0.15) is 5.82 Å². The number of hydrogen-bond donors (Lipinski definition) is 2. The van der Waals surface area contributed by atoms with E-state index in [4.69, 9.17) is 0 Å². The molecule has 0 spiro atoms. The third-order valence-corrected chi connectivity index (χ3v) is 5.48. The van der Waals surface area contributed by atoms with E-state index < -0.39 is 10.0 Å². The van der Waals surface area contributed by atoms with Crippen LogP contribution in [0.25, 0.3) is 5.69 Å². The number of carbonyl (C=O) groups excluding carboxylic acids is 1. The Morgan fingerprint density at radius 3 is 2.44 bits per heavy atom. The lowest BCUT2D eigenvalue weighted by atomic mass is 10.3. The van der Waals surface area contributed by atoms with Crippen LogP contribution in [0.15, 0.2) is 64.0 Å². The van der Waals surface area contributed by atoms with Gasteiger partial charge >= 0.3 is 0 Å². The Bertz CT molecular complexity index is 1090. The number of amides is 1. The van der Waals surface area contributed by atoms with Crippen molar-refractivity contribution in [2.24, 2.45) is 0 Å². The molecule has 140 valence electrons. The lowest BCUT2D eigenvalue weighted by Crippen LogP contribution is -2.13. The zero-order valence-electron chi connectivity index (χ0n) is 14.6. The van der Waals surface area contributed by atoms with Crippen LogP contribution >= 0.6 is 15.9 Å². The monoisotopic (exact) mass is 448 g/mol. The molecular formula is C18H17BrN4O3S. The van der Waals surface area contributed by atoms with Crippen molar-refractivity contribution in [1.82, 2.24) is 9.78 Å². The van der Waals surface area contributed by atoms with E-state index >= 15 is 0 Å². The first-order valence-electron chi connectivity index (χ1n) is 7.98. The average molecular weight is 449 g/mol. The predicted octanol–water partition coefficient (Wildman–Crippen LogP) is 3.70. The van der Waals surface area contributed by atoms with Gasteiger partial charge in [0.05, 0.1) is 16.3 Å². The molecule has 1 aromatic heterocycles. The predicted molar refractivity (Wildman–Crippen MR) is 108 cm³/mol. The normalized spacial score (nSPS) is 11.2. The summed E-state index contributed by atoms with van der Waals surface area (Å²) in [4.78, 5) is 11.5. The Kier molecular flexibility index (Phi) is 5.33. The first-order chi connectivity index (χ1) is 12.7. The second-order valence-corrected chi connectivity index (χ2v) is 8.47. The lowest BCUT2D eigenvalue weighted by Gasteiger charge is -2.11. The molecule has 0 atom stereocenters. The zero-order valence-corrected chi connectivity index (χ0v) is 17.0. The van der Waals surface area contributed by atoms with Gasteiger partial charge in [-0.2, -0.15) is 5.10 Å². The van der Waals surface area contributed by atoms with Crippen molar-refractivity contribution in [3.05, 3.63) is 64.8 Å². The number of anilines is 2. The van der Waals surface area contributed by atoms with Crippen molar-refractivity contribution in [3.8, 4) is 5.69 Å². The van der Waals surface area contributed by atoms with Crippen LogP contribution in [-0.4, -0.2) is 24.1 Å². The molecule has 0 aliphatic carbocycles. The fourth-order valence-corrected chi connectivity index (χ4v) is 4.14. The number of carbonyl (C=O) groups is 1. The van der Waals surface area contributed by atoms with Gasteiger partial charge in [0.2, 0.25) is 5.91 Å². The third-order valence-electron chi connectivity index (χ3n) is 3.61. The van der Waals surface area contributed by atoms with Gasteiger partial charge in [-0.25, -0.2) is 13.1 Å². The van der Waals surface area contributed by atoms with Crippen LogP contribution in [0.1, 0.15) is 12.6 Å². The number of aromatic nitrogens is 2. The van der Waals surface area contributed by atoms with Crippen molar-refractivity contribution in [2.75, 3.05) is 10.0 Å². The Balaban J connectivity index is 1.85. The molecule has 0 radical (unpaired) electrons. The Morgan fingerprint density at radius 1 is 1.11 bits per heavy atom. The van der Waals surface area contributed by atoms with Crippen molar-refractivity contribution in [3.63, 3.8) is 0 Å². The van der Waals surface area contributed by atoms with Gasteiger partial charge in [-0.1, -0.05) is 22.0 Å². The standard InChI is InChI=1S/C18H17BrN4O3S/c1-12-10-18(20-13(2)24)23(21-12)16-8-6-15(7-9-16)22-27(25,26)17-5-3-4-14(19)11-17/h3-11,22H,1-2H3,(H,20,24). The highest BCUT2D eigenvalue weighted by molar-refractivity contribution is 9.10. The molecule has 0 unspecified atom stereocenters. The fraction of sp³-hybridized carbons (Fsp3) is 0.111. The molecule has 1 heterocycles. The van der Waals surface area contributed by atoms with Crippen LogP contribution in [0, 0.1) is 6.92 Å². The van der Waals surface area contributed by atoms with Gasteiger partial charge in [-0.15, -0.1) is 0 Å². The number of rotatable bonds is 5. The van der Waals surface area contributed by atoms with Crippen LogP contribution in [0.4, 0.5) is 11.5 Å². The summed E-state index contributed by atoms with van der Waals surface area (Å²) < 4.78 is 29.8. The lowest BCUT2D eigenvalue weighted by molar-refractivity contribution is -0.114. The van der Waals surface area contributed by atoms with Gasteiger partial charge in [-0.3, -0.25) is 9.52 Å². The number of sulfonamides is 1. The minimum Gasteiger partial charge on any atom is -0.311 e. The van der Waals surface area contributed by atoms with E-state index in [1.165, 1.54) is 19.1 Å². The number of hydrogen-bond acceptors (Lipinski definition) is 4. The van der Waals surface area contributed by atoms with Gasteiger partial charge < -0.3 is 5.32 Å². The summed E-state index contributed by atoms with van der Waals surface area (Å²) in [5, 5.41) is 7.07. The van der Waals surface area contributed by atoms with Crippen molar-refractivity contribution < 1.29 is 13.2 Å². The summed E-state index contributed by atoms with van der Waals surface area (Å²) in [5.41, 5.74) is 1.86. The second-order valence-electron chi connectivity index (χ2n) is 5.87. The van der Waals surface area contributed by atoms with Crippen LogP contribution < -0.4 is 10.0 Å². The van der Waals surface area contributed by atoms with E-state index in [2.05, 4.69) is 31.1 Å². The molecule has 0 saturated heterocycles. The van der Waals surface area contributed by atoms with Crippen LogP contribution in [0.5, 0.6) is 0 Å². The average Bonchev–Trinajstić information content (AvgIpc) is 2.95. The van der Waals surface area contributed by atoms with Crippen LogP contribution in [0.3, 0.4) is 0 Å². The smallest absolute Gasteiger partial charge is 0.261 e. The van der Waals surface area contributed by atoms with E-state index in [9.17, 15) is 13.2 Å². The summed E-state index contributed by atoms with van der Waals surface area (Å²) in [6.45, 7) is 3.24. The Morgan fingerprint density at radius 2 is 1.81 bits per heavy atom. The molecule has 3 aromatic rings. The van der Waals surface area contributed by atoms with Crippen LogP contribution in [0.2, 0.25) is 0 Å². The zero-order chi connectivity index (χ0) is 19.6. The molecule has 27 heavy (non-hydrogen) atoms. The van der Waals surface area contributed by atoms with Crippen molar-refractivity contribution >= 4 is 43.4 Å². The molecule has 7 nitrogen and oxygen atoms in total. The summed E-state index contributed by atoms with van der Waals surface area (Å²) in [7, 11) is -3.69. The SMILES string of the molecule is CC(=O)Nc1cc(C)nn1-c1ccc(NS(=O)(=O)c2cccc(Br)c2)cc1. The van der Waals surface area contributed by atoms with E-state index in [1.807, 2.05) is 6.92 Å². The highest BCUT2D eigenvalue weighted by Gasteiger charge is 2.15. The van der Waals surface area contributed by atoms with Crippen molar-refractivity contribution in [1.29, 1.82) is 0 Å². The van der Waals surface area contributed by atoms with E-state index in [0.29, 0.717) is 21.7 Å². The van der Waals surface area contributed by atoms with Gasteiger partial charge in [-0.05, 0) is 49.4 Å². The highest BCUT2D eigenvalue weighted by Crippen LogP contribution is 2.22. The number of aryl methyl sites for hydroxylation is 1. The summed E-state index contributed by atoms with van der Waals surface area (Å²) >= 11 is 3.27. The minimum absolute atomic E-state index is 0.164. The first-order valence-corrected chi connectivity index (χ1v) is 10.3. The van der Waals surface area contributed by atoms with Crippen LogP contribution in [-0.2, 0) is 14.8 Å². The van der Waals surface area contributed by atoms with Gasteiger partial charge in [0.25, 0.3) is 10.0 Å². The number of nitrogens with zero attached hydrogens (tertiary/aromatic N) is 2. The molecule has 0 fully saturated rings. The van der Waals surface area contributed by atoms with Crippen molar-refractivity contribution in [2.45, 2.75) is 18.7 Å². The maximum Gasteiger partial charge on any atom is 0.261 e. The van der Waals surface area contributed by atoms with E-state index in [1.54, 1.807) is 47.1 Å². The molecule has 0 bridgehead atoms. The third kappa shape index (κ3) is 4.55. The summed E-state index contributed by atoms with van der Waals surface area (Å²) in [5.74, 6) is 0.344. The molecule has 0 saturated carbocycles. The molecule has 0 aliphatic heterocycles. The Labute approximate surface area is 165 Å². The Hall–Kier alpha value is -2.65. The van der Waals surface area contributed by atoms with Gasteiger partial charge in [0.15, 0.2) is 0 Å². The number of benzene rings is 2. The quantitative estimate of drug-likeness (QED) is 0.621. The molecule has 2 aromatic carbocycles. The summed E-state index contributed by atoms with van der Waals surface area (Å²) in [6, 6.07) is 14.9. The molecule has 9 heteroatoms. The maximum absolute atomic E-state index is 12.5. The topological polar surface area (TPSA) is 93.1 Å². The molecule has 2 N–H and O–H groups in total. The fourth-order valence-electron chi connectivity index (χ4n) is 2.48. The highest BCUT2D eigenvalue weighted by atomic mass is 79.9. The van der Waals surface area contributed by atoms with E-state index in [0.717, 1.165) is 5.69 Å². The molecule has 1 amide bonds. The first kappa shape index (κ1) is 19.1. The molecule has 3 rings (SSSR count). The molecular weight excluding hydrogens is 432 g/mol. The minimum atomic E-state index is -3.69. The number of nitrogens with one attached hydrogen (secondary N) is 2. The van der Waals surface area contributed by atoms with Gasteiger partial charge in [0, 0.05) is 23.2 Å². The largest absolute Gasteiger partial charge is 0.311 e. The number of halogens is 1. The summed E-state index contributed by atoms with van der Waals surface area (Å²) in [6.07, 6.45) is 0. The molecule has 0 aliphatic rings. The maximum atomic E-state index is 12.5. The second kappa shape index (κ2) is 7.53. The van der Waals surface area contributed by atoms with E-state index in [-0.39, 0.29) is 10.8 Å².